The molecule has 0 N–H and O–H groups in total. The highest BCUT2D eigenvalue weighted by atomic mass is 16.3. The van der Waals surface area contributed by atoms with Gasteiger partial charge >= 0.3 is 0 Å². The van der Waals surface area contributed by atoms with Crippen LogP contribution >= 0.6 is 0 Å². The Labute approximate surface area is 107 Å². The minimum Gasteiger partial charge on any atom is -0.451 e. The average molecular weight is 245 g/mol. The molecule has 0 aliphatic rings. The molecule has 0 unspecified atom stereocenters. The van der Waals surface area contributed by atoms with Gasteiger partial charge in [0.1, 0.15) is 5.58 Å². The molecule has 0 aliphatic heterocycles. The van der Waals surface area contributed by atoms with Gasteiger partial charge in [-0.25, -0.2) is 0 Å². The summed E-state index contributed by atoms with van der Waals surface area (Å²) in [6.07, 6.45) is 1.93. The number of amides is 1. The third-order valence-electron chi connectivity index (χ3n) is 2.91. The molecular formula is C15H19NO2. The normalized spacial score (nSPS) is 10.8. The second-order valence-corrected chi connectivity index (χ2v) is 4.44. The summed E-state index contributed by atoms with van der Waals surface area (Å²) in [5, 5.41) is 0.980. The number of carbonyl (C=O) groups is 1. The van der Waals surface area contributed by atoms with Gasteiger partial charge in [-0.3, -0.25) is 4.79 Å². The topological polar surface area (TPSA) is 33.5 Å². The number of benzene rings is 1. The molecule has 1 aromatic heterocycles. The van der Waals surface area contributed by atoms with Crippen LogP contribution in [0.4, 0.5) is 0 Å². The molecule has 96 valence electrons. The van der Waals surface area contributed by atoms with Crippen LogP contribution in [0.15, 0.2) is 34.7 Å². The van der Waals surface area contributed by atoms with Gasteiger partial charge in [-0.1, -0.05) is 32.0 Å². The third kappa shape index (κ3) is 2.55. The van der Waals surface area contributed by atoms with Gasteiger partial charge in [-0.2, -0.15) is 0 Å². The Morgan fingerprint density at radius 1 is 1.17 bits per heavy atom. The van der Waals surface area contributed by atoms with Crippen molar-refractivity contribution in [3.8, 4) is 0 Å². The summed E-state index contributed by atoms with van der Waals surface area (Å²) < 4.78 is 5.61. The molecule has 0 saturated carbocycles. The van der Waals surface area contributed by atoms with Gasteiger partial charge in [0.15, 0.2) is 5.76 Å². The number of hydrogen-bond acceptors (Lipinski definition) is 2. The minimum atomic E-state index is -0.00472. The van der Waals surface area contributed by atoms with Crippen molar-refractivity contribution in [2.45, 2.75) is 26.7 Å². The summed E-state index contributed by atoms with van der Waals surface area (Å²) in [4.78, 5) is 14.2. The van der Waals surface area contributed by atoms with E-state index in [-0.39, 0.29) is 5.91 Å². The van der Waals surface area contributed by atoms with Crippen LogP contribution in [0.3, 0.4) is 0 Å². The van der Waals surface area contributed by atoms with Crippen molar-refractivity contribution < 1.29 is 9.21 Å². The molecule has 1 heterocycles. The van der Waals surface area contributed by atoms with E-state index in [1.165, 1.54) is 0 Å². The lowest BCUT2D eigenvalue weighted by Gasteiger charge is -2.19. The number of carbonyl (C=O) groups excluding carboxylic acids is 1. The maximum Gasteiger partial charge on any atom is 0.289 e. The number of furan rings is 1. The van der Waals surface area contributed by atoms with Gasteiger partial charge in [-0.15, -0.1) is 0 Å². The first-order chi connectivity index (χ1) is 8.76. The van der Waals surface area contributed by atoms with Crippen LogP contribution < -0.4 is 0 Å². The van der Waals surface area contributed by atoms with Crippen molar-refractivity contribution in [2.24, 2.45) is 0 Å². The van der Waals surface area contributed by atoms with Crippen LogP contribution in [0.1, 0.15) is 37.2 Å². The van der Waals surface area contributed by atoms with Gasteiger partial charge in [0.2, 0.25) is 0 Å². The summed E-state index contributed by atoms with van der Waals surface area (Å²) >= 11 is 0. The number of nitrogens with zero attached hydrogens (tertiary/aromatic N) is 1. The zero-order valence-electron chi connectivity index (χ0n) is 11.0. The van der Waals surface area contributed by atoms with Crippen molar-refractivity contribution in [2.75, 3.05) is 13.1 Å². The van der Waals surface area contributed by atoms with Crippen molar-refractivity contribution in [3.63, 3.8) is 0 Å². The predicted molar refractivity (Wildman–Crippen MR) is 72.7 cm³/mol. The second kappa shape index (κ2) is 5.71. The molecule has 0 fully saturated rings. The van der Waals surface area contributed by atoms with E-state index < -0.39 is 0 Å². The van der Waals surface area contributed by atoms with Crippen LogP contribution in [0.5, 0.6) is 0 Å². The highest BCUT2D eigenvalue weighted by Crippen LogP contribution is 2.20. The van der Waals surface area contributed by atoms with E-state index in [1.807, 2.05) is 35.2 Å². The SMILES string of the molecule is CCCN(CCC)C(=O)c1cc2ccccc2o1. The van der Waals surface area contributed by atoms with E-state index in [1.54, 1.807) is 0 Å². The Bertz CT molecular complexity index is 491. The summed E-state index contributed by atoms with van der Waals surface area (Å²) in [7, 11) is 0. The Morgan fingerprint density at radius 3 is 2.44 bits per heavy atom. The zero-order chi connectivity index (χ0) is 13.0. The Hall–Kier alpha value is -1.77. The lowest BCUT2D eigenvalue weighted by Crippen LogP contribution is -2.32. The number of hydrogen-bond donors (Lipinski definition) is 0. The van der Waals surface area contributed by atoms with Gasteiger partial charge < -0.3 is 9.32 Å². The summed E-state index contributed by atoms with van der Waals surface area (Å²) in [5.41, 5.74) is 0.772. The van der Waals surface area contributed by atoms with Crippen molar-refractivity contribution >= 4 is 16.9 Å². The molecule has 3 nitrogen and oxygen atoms in total. The molecule has 0 atom stereocenters. The monoisotopic (exact) mass is 245 g/mol. The van der Waals surface area contributed by atoms with Crippen molar-refractivity contribution in [3.05, 3.63) is 36.1 Å². The Balaban J connectivity index is 2.25. The molecule has 0 saturated heterocycles. The molecule has 2 rings (SSSR count). The van der Waals surface area contributed by atoms with Crippen molar-refractivity contribution in [1.82, 2.24) is 4.90 Å². The van der Waals surface area contributed by atoms with E-state index in [4.69, 9.17) is 4.42 Å². The largest absolute Gasteiger partial charge is 0.451 e. The highest BCUT2D eigenvalue weighted by Gasteiger charge is 2.18. The fourth-order valence-electron chi connectivity index (χ4n) is 2.10. The molecular weight excluding hydrogens is 226 g/mol. The second-order valence-electron chi connectivity index (χ2n) is 4.44. The standard InChI is InChI=1S/C15H19NO2/c1-3-9-16(10-4-2)15(17)14-11-12-7-5-6-8-13(12)18-14/h5-8,11H,3-4,9-10H2,1-2H3. The van der Waals surface area contributed by atoms with Gasteiger partial charge in [0, 0.05) is 18.5 Å². The first-order valence-electron chi connectivity index (χ1n) is 6.54. The maximum atomic E-state index is 12.3. The quantitative estimate of drug-likeness (QED) is 0.804. The fraction of sp³-hybridized carbons (Fsp3) is 0.400. The molecule has 0 radical (unpaired) electrons. The molecule has 2 aromatic rings. The fourth-order valence-corrected chi connectivity index (χ4v) is 2.10. The summed E-state index contributed by atoms with van der Waals surface area (Å²) in [5.74, 6) is 0.438. The number of fused-ring (bicyclic) bond motifs is 1. The highest BCUT2D eigenvalue weighted by molar-refractivity contribution is 5.96. The smallest absolute Gasteiger partial charge is 0.289 e. The number of rotatable bonds is 5. The van der Waals surface area contributed by atoms with Crippen molar-refractivity contribution in [1.29, 1.82) is 0 Å². The molecule has 3 heteroatoms. The van der Waals surface area contributed by atoms with Crippen LogP contribution in [-0.2, 0) is 0 Å². The van der Waals surface area contributed by atoms with Crippen LogP contribution in [0, 0.1) is 0 Å². The lowest BCUT2D eigenvalue weighted by molar-refractivity contribution is 0.0726. The van der Waals surface area contributed by atoms with Crippen LogP contribution in [-0.4, -0.2) is 23.9 Å². The molecule has 0 aliphatic carbocycles. The van der Waals surface area contributed by atoms with Gasteiger partial charge in [0.25, 0.3) is 5.91 Å². The Morgan fingerprint density at radius 2 is 1.83 bits per heavy atom. The third-order valence-corrected chi connectivity index (χ3v) is 2.91. The Kier molecular flexibility index (Phi) is 4.03. The molecule has 0 spiro atoms. The first-order valence-corrected chi connectivity index (χ1v) is 6.54. The average Bonchev–Trinajstić information content (AvgIpc) is 2.81. The molecule has 1 aromatic carbocycles. The van der Waals surface area contributed by atoms with Gasteiger partial charge in [0.05, 0.1) is 0 Å². The summed E-state index contributed by atoms with van der Waals surface area (Å²) in [6.45, 7) is 5.72. The van der Waals surface area contributed by atoms with Gasteiger partial charge in [-0.05, 0) is 25.0 Å². The zero-order valence-corrected chi connectivity index (χ0v) is 11.0. The van der Waals surface area contributed by atoms with E-state index in [0.717, 1.165) is 36.9 Å². The maximum absolute atomic E-state index is 12.3. The van der Waals surface area contributed by atoms with E-state index in [0.29, 0.717) is 5.76 Å². The van der Waals surface area contributed by atoms with E-state index in [9.17, 15) is 4.79 Å². The minimum absolute atomic E-state index is 0.00472. The molecule has 1 amide bonds. The van der Waals surface area contributed by atoms with E-state index in [2.05, 4.69) is 13.8 Å². The number of para-hydroxylation sites is 1. The molecule has 0 bridgehead atoms. The van der Waals surface area contributed by atoms with E-state index >= 15 is 0 Å². The van der Waals surface area contributed by atoms with Crippen LogP contribution in [0.25, 0.3) is 11.0 Å². The lowest BCUT2D eigenvalue weighted by atomic mass is 10.2. The summed E-state index contributed by atoms with van der Waals surface area (Å²) in [6, 6.07) is 9.53. The van der Waals surface area contributed by atoms with Crippen LogP contribution in [0.2, 0.25) is 0 Å². The predicted octanol–water partition coefficient (Wildman–Crippen LogP) is 3.70. The first kappa shape index (κ1) is 12.7. The molecule has 18 heavy (non-hydrogen) atoms.